The Morgan fingerprint density at radius 1 is 1.42 bits per heavy atom. The average molecular weight is 262 g/mol. The summed E-state index contributed by atoms with van der Waals surface area (Å²) < 4.78 is 0. The number of benzene rings is 1. The molecule has 1 aliphatic rings. The second-order valence-electron chi connectivity index (χ2n) is 4.66. The van der Waals surface area contributed by atoms with Gasteiger partial charge in [0, 0.05) is 20.0 Å². The quantitative estimate of drug-likeness (QED) is 0.897. The highest BCUT2D eigenvalue weighted by atomic mass is 16.4. The number of amides is 1. The first-order chi connectivity index (χ1) is 9.04. The number of rotatable bonds is 3. The molecular formula is C14H18N2O3. The predicted molar refractivity (Wildman–Crippen MR) is 73.7 cm³/mol. The van der Waals surface area contributed by atoms with Crippen molar-refractivity contribution in [1.82, 2.24) is 0 Å². The third-order valence-electron chi connectivity index (χ3n) is 3.45. The second kappa shape index (κ2) is 5.30. The minimum absolute atomic E-state index is 0.0232. The number of hydrogen-bond donors (Lipinski definition) is 1. The smallest absolute Gasteiger partial charge is 0.323 e. The maximum absolute atomic E-state index is 12.0. The van der Waals surface area contributed by atoms with Crippen molar-refractivity contribution in [3.05, 3.63) is 23.8 Å². The molecule has 1 aromatic rings. The molecule has 1 heterocycles. The first-order valence-corrected chi connectivity index (χ1v) is 6.39. The summed E-state index contributed by atoms with van der Waals surface area (Å²) in [5.41, 5.74) is 2.73. The van der Waals surface area contributed by atoms with Crippen molar-refractivity contribution in [2.45, 2.75) is 19.8 Å². The zero-order chi connectivity index (χ0) is 14.0. The van der Waals surface area contributed by atoms with Crippen LogP contribution in [0.15, 0.2) is 18.2 Å². The summed E-state index contributed by atoms with van der Waals surface area (Å²) >= 11 is 0. The number of anilines is 2. The number of aryl methyl sites for hydroxylation is 1. The molecule has 0 fully saturated rings. The summed E-state index contributed by atoms with van der Waals surface area (Å²) in [6.45, 7) is 2.39. The number of carbonyl (C=O) groups excluding carboxylic acids is 1. The van der Waals surface area contributed by atoms with Gasteiger partial charge in [-0.2, -0.15) is 0 Å². The van der Waals surface area contributed by atoms with E-state index in [1.54, 1.807) is 16.8 Å². The standard InChI is InChI=1S/C14H18N2O3/c1-3-10-5-4-6-11-14(10)15(2)12(17)7-8-16(11)9-13(18)19/h4-6H,3,7-9H2,1-2H3,(H,18,19). The zero-order valence-electron chi connectivity index (χ0n) is 11.2. The average Bonchev–Trinajstić information content (AvgIpc) is 2.50. The lowest BCUT2D eigenvalue weighted by Crippen LogP contribution is -2.30. The van der Waals surface area contributed by atoms with Crippen molar-refractivity contribution in [3.63, 3.8) is 0 Å². The molecule has 5 nitrogen and oxygen atoms in total. The van der Waals surface area contributed by atoms with E-state index in [1.807, 2.05) is 25.1 Å². The lowest BCUT2D eigenvalue weighted by Gasteiger charge is -2.25. The molecule has 1 aromatic carbocycles. The molecule has 0 unspecified atom stereocenters. The minimum Gasteiger partial charge on any atom is -0.480 e. The van der Waals surface area contributed by atoms with Crippen molar-refractivity contribution in [1.29, 1.82) is 0 Å². The Hall–Kier alpha value is -2.04. The lowest BCUT2D eigenvalue weighted by atomic mass is 10.1. The number of carboxylic acids is 1. The van der Waals surface area contributed by atoms with Gasteiger partial charge in [-0.25, -0.2) is 0 Å². The van der Waals surface area contributed by atoms with Gasteiger partial charge in [0.05, 0.1) is 11.4 Å². The molecule has 2 rings (SSSR count). The van der Waals surface area contributed by atoms with Crippen LogP contribution in [0.25, 0.3) is 0 Å². The number of aliphatic carboxylic acids is 1. The van der Waals surface area contributed by atoms with Crippen LogP contribution in [0.5, 0.6) is 0 Å². The van der Waals surface area contributed by atoms with Gasteiger partial charge in [0.2, 0.25) is 5.91 Å². The van der Waals surface area contributed by atoms with Crippen molar-refractivity contribution in [2.24, 2.45) is 0 Å². The van der Waals surface area contributed by atoms with E-state index in [9.17, 15) is 9.59 Å². The summed E-state index contributed by atoms with van der Waals surface area (Å²) in [6, 6.07) is 5.77. The molecule has 0 saturated heterocycles. The van der Waals surface area contributed by atoms with E-state index in [0.29, 0.717) is 13.0 Å². The van der Waals surface area contributed by atoms with Crippen LogP contribution >= 0.6 is 0 Å². The molecule has 1 aliphatic heterocycles. The molecular weight excluding hydrogens is 244 g/mol. The van der Waals surface area contributed by atoms with Gasteiger partial charge in [0.25, 0.3) is 0 Å². The number of carbonyl (C=O) groups is 2. The number of fused-ring (bicyclic) bond motifs is 1. The van der Waals surface area contributed by atoms with Gasteiger partial charge in [-0.05, 0) is 18.1 Å². The fraction of sp³-hybridized carbons (Fsp3) is 0.429. The predicted octanol–water partition coefficient (Wildman–Crippen LogP) is 1.51. The SMILES string of the molecule is CCc1cccc2c1N(C)C(=O)CCN2CC(=O)O. The summed E-state index contributed by atoms with van der Waals surface area (Å²) in [7, 11) is 1.75. The summed E-state index contributed by atoms with van der Waals surface area (Å²) in [5, 5.41) is 9.00. The fourth-order valence-corrected chi connectivity index (χ4v) is 2.48. The number of para-hydroxylation sites is 1. The zero-order valence-corrected chi connectivity index (χ0v) is 11.2. The Balaban J connectivity index is 2.53. The minimum atomic E-state index is -0.884. The second-order valence-corrected chi connectivity index (χ2v) is 4.66. The Kier molecular flexibility index (Phi) is 3.74. The third-order valence-corrected chi connectivity index (χ3v) is 3.45. The topological polar surface area (TPSA) is 60.9 Å². The summed E-state index contributed by atoms with van der Waals surface area (Å²) in [4.78, 5) is 26.4. The lowest BCUT2D eigenvalue weighted by molar-refractivity contribution is -0.135. The largest absolute Gasteiger partial charge is 0.480 e. The number of carboxylic acid groups (broad SMARTS) is 1. The van der Waals surface area contributed by atoms with Gasteiger partial charge in [-0.1, -0.05) is 19.1 Å². The number of nitrogens with zero attached hydrogens (tertiary/aromatic N) is 2. The highest BCUT2D eigenvalue weighted by molar-refractivity contribution is 5.99. The molecule has 0 spiro atoms. The van der Waals surface area contributed by atoms with Gasteiger partial charge in [0.1, 0.15) is 6.54 Å². The van der Waals surface area contributed by atoms with Crippen molar-refractivity contribution < 1.29 is 14.7 Å². The Morgan fingerprint density at radius 3 is 2.79 bits per heavy atom. The van der Waals surface area contributed by atoms with Gasteiger partial charge in [0.15, 0.2) is 0 Å². The maximum Gasteiger partial charge on any atom is 0.323 e. The van der Waals surface area contributed by atoms with Crippen LogP contribution < -0.4 is 9.80 Å². The van der Waals surface area contributed by atoms with E-state index in [2.05, 4.69) is 0 Å². The molecule has 5 heteroatoms. The van der Waals surface area contributed by atoms with E-state index < -0.39 is 5.97 Å². The molecule has 0 saturated carbocycles. The van der Waals surface area contributed by atoms with Crippen LogP contribution in [0.1, 0.15) is 18.9 Å². The maximum atomic E-state index is 12.0. The van der Waals surface area contributed by atoms with E-state index in [-0.39, 0.29) is 12.5 Å². The molecule has 102 valence electrons. The van der Waals surface area contributed by atoms with Crippen molar-refractivity contribution >= 4 is 23.3 Å². The Bertz CT molecular complexity index is 513. The molecule has 0 aliphatic carbocycles. The van der Waals surface area contributed by atoms with E-state index in [4.69, 9.17) is 5.11 Å². The van der Waals surface area contributed by atoms with Crippen LogP contribution in [0, 0.1) is 0 Å². The first-order valence-electron chi connectivity index (χ1n) is 6.39. The van der Waals surface area contributed by atoms with Crippen molar-refractivity contribution in [2.75, 3.05) is 29.9 Å². The first kappa shape index (κ1) is 13.4. The fourth-order valence-electron chi connectivity index (χ4n) is 2.48. The summed E-state index contributed by atoms with van der Waals surface area (Å²) in [6.07, 6.45) is 1.14. The van der Waals surface area contributed by atoms with Crippen molar-refractivity contribution in [3.8, 4) is 0 Å². The van der Waals surface area contributed by atoms with Gasteiger partial charge >= 0.3 is 5.97 Å². The molecule has 0 bridgehead atoms. The molecule has 0 atom stereocenters. The van der Waals surface area contributed by atoms with Crippen LogP contribution in [0.3, 0.4) is 0 Å². The molecule has 0 aromatic heterocycles. The number of hydrogen-bond acceptors (Lipinski definition) is 3. The molecule has 1 N–H and O–H groups in total. The van der Waals surface area contributed by atoms with E-state index >= 15 is 0 Å². The highest BCUT2D eigenvalue weighted by Crippen LogP contribution is 2.35. The van der Waals surface area contributed by atoms with Gasteiger partial charge < -0.3 is 14.9 Å². The Morgan fingerprint density at radius 2 is 2.16 bits per heavy atom. The van der Waals surface area contributed by atoms with Crippen LogP contribution in [0.2, 0.25) is 0 Å². The highest BCUT2D eigenvalue weighted by Gasteiger charge is 2.26. The summed E-state index contributed by atoms with van der Waals surface area (Å²) in [5.74, 6) is -0.861. The van der Waals surface area contributed by atoms with Crippen LogP contribution in [0.4, 0.5) is 11.4 Å². The Labute approximate surface area is 112 Å². The molecule has 19 heavy (non-hydrogen) atoms. The van der Waals surface area contributed by atoms with Crippen LogP contribution in [-0.2, 0) is 16.0 Å². The van der Waals surface area contributed by atoms with E-state index in [1.165, 1.54) is 0 Å². The third kappa shape index (κ3) is 2.54. The van der Waals surface area contributed by atoms with Gasteiger partial charge in [-0.3, -0.25) is 9.59 Å². The monoisotopic (exact) mass is 262 g/mol. The van der Waals surface area contributed by atoms with E-state index in [0.717, 1.165) is 23.4 Å². The molecule has 0 radical (unpaired) electrons. The van der Waals surface area contributed by atoms with Crippen LogP contribution in [-0.4, -0.2) is 37.1 Å². The molecule has 1 amide bonds. The normalized spacial score (nSPS) is 15.2. The van der Waals surface area contributed by atoms with Gasteiger partial charge in [-0.15, -0.1) is 0 Å².